The molecule has 1 N–H and O–H groups in total. The van der Waals surface area contributed by atoms with Crippen molar-refractivity contribution >= 4 is 0 Å². The summed E-state index contributed by atoms with van der Waals surface area (Å²) in [4.78, 5) is 0. The second kappa shape index (κ2) is 4.95. The number of rotatable bonds is 3. The second-order valence-corrected chi connectivity index (χ2v) is 3.99. The molecule has 3 nitrogen and oxygen atoms in total. The zero-order valence-corrected chi connectivity index (χ0v) is 10.3. The second-order valence-electron chi connectivity index (χ2n) is 3.99. The minimum Gasteiger partial charge on any atom is -0.502 e. The van der Waals surface area contributed by atoms with Crippen molar-refractivity contribution in [2.75, 3.05) is 0 Å². The number of pyridine rings is 2. The zero-order chi connectivity index (χ0) is 12.3. The Balaban J connectivity index is 2.38. The first-order valence-corrected chi connectivity index (χ1v) is 5.96. The SMILES string of the molecule is CC[n+]1ccc(-c2cc[n+](CC)cc2O)cc1. The maximum absolute atomic E-state index is 9.97. The van der Waals surface area contributed by atoms with Gasteiger partial charge in [-0.25, -0.2) is 9.13 Å². The summed E-state index contributed by atoms with van der Waals surface area (Å²) in [5, 5.41) is 9.97. The van der Waals surface area contributed by atoms with Gasteiger partial charge in [0.25, 0.3) is 0 Å². The van der Waals surface area contributed by atoms with Crippen molar-refractivity contribution < 1.29 is 14.2 Å². The van der Waals surface area contributed by atoms with Gasteiger partial charge >= 0.3 is 0 Å². The van der Waals surface area contributed by atoms with Crippen molar-refractivity contribution in [3.8, 4) is 16.9 Å². The first-order valence-electron chi connectivity index (χ1n) is 5.96. The van der Waals surface area contributed by atoms with E-state index in [1.54, 1.807) is 6.20 Å². The molecule has 0 aliphatic rings. The van der Waals surface area contributed by atoms with Crippen LogP contribution in [0.15, 0.2) is 43.0 Å². The van der Waals surface area contributed by atoms with Crippen LogP contribution in [0.2, 0.25) is 0 Å². The zero-order valence-electron chi connectivity index (χ0n) is 10.3. The van der Waals surface area contributed by atoms with Crippen molar-refractivity contribution in [2.45, 2.75) is 26.9 Å². The van der Waals surface area contributed by atoms with Crippen LogP contribution in [-0.4, -0.2) is 5.11 Å². The van der Waals surface area contributed by atoms with Gasteiger partial charge in [-0.15, -0.1) is 0 Å². The largest absolute Gasteiger partial charge is 0.502 e. The molecular weight excluding hydrogens is 212 g/mol. The number of hydrogen-bond acceptors (Lipinski definition) is 1. The Bertz CT molecular complexity index is 506. The lowest BCUT2D eigenvalue weighted by Crippen LogP contribution is -2.31. The quantitative estimate of drug-likeness (QED) is 0.798. The van der Waals surface area contributed by atoms with Crippen molar-refractivity contribution in [3.05, 3.63) is 43.0 Å². The van der Waals surface area contributed by atoms with E-state index in [1.807, 2.05) is 48.3 Å². The van der Waals surface area contributed by atoms with E-state index in [9.17, 15) is 5.11 Å². The molecular formula is C14H18N2O+2. The third kappa shape index (κ3) is 2.44. The van der Waals surface area contributed by atoms with Gasteiger partial charge in [0.1, 0.15) is 13.1 Å². The highest BCUT2D eigenvalue weighted by Crippen LogP contribution is 2.26. The van der Waals surface area contributed by atoms with Crippen LogP contribution in [0.5, 0.6) is 5.75 Å². The summed E-state index contributed by atoms with van der Waals surface area (Å²) < 4.78 is 4.05. The normalized spacial score (nSPS) is 10.5. The summed E-state index contributed by atoms with van der Waals surface area (Å²) in [5.41, 5.74) is 1.91. The molecule has 88 valence electrons. The molecule has 2 aromatic rings. The van der Waals surface area contributed by atoms with E-state index < -0.39 is 0 Å². The lowest BCUT2D eigenvalue weighted by molar-refractivity contribution is -0.694. The van der Waals surface area contributed by atoms with Crippen LogP contribution in [-0.2, 0) is 13.1 Å². The fourth-order valence-electron chi connectivity index (χ4n) is 1.81. The molecule has 2 aromatic heterocycles. The molecule has 0 fully saturated rings. The predicted octanol–water partition coefficient (Wildman–Crippen LogP) is 1.67. The van der Waals surface area contributed by atoms with E-state index in [4.69, 9.17) is 0 Å². The highest BCUT2D eigenvalue weighted by molar-refractivity contribution is 5.67. The van der Waals surface area contributed by atoms with E-state index in [1.165, 1.54) is 0 Å². The molecule has 17 heavy (non-hydrogen) atoms. The third-order valence-electron chi connectivity index (χ3n) is 2.93. The first-order chi connectivity index (χ1) is 8.24. The summed E-state index contributed by atoms with van der Waals surface area (Å²) in [6.07, 6.45) is 7.79. The molecule has 0 radical (unpaired) electrons. The van der Waals surface area contributed by atoms with E-state index >= 15 is 0 Å². The van der Waals surface area contributed by atoms with Gasteiger partial charge in [-0.1, -0.05) is 0 Å². The molecule has 0 unspecified atom stereocenters. The molecule has 0 aromatic carbocycles. The van der Waals surface area contributed by atoms with Gasteiger partial charge in [-0.05, 0) is 19.4 Å². The molecule has 2 heterocycles. The van der Waals surface area contributed by atoms with Crippen LogP contribution in [0.4, 0.5) is 0 Å². The average molecular weight is 230 g/mol. The van der Waals surface area contributed by atoms with Gasteiger partial charge in [-0.2, -0.15) is 0 Å². The van der Waals surface area contributed by atoms with Crippen LogP contribution in [0.25, 0.3) is 11.1 Å². The van der Waals surface area contributed by atoms with Gasteiger partial charge < -0.3 is 5.11 Å². The number of hydrogen-bond donors (Lipinski definition) is 1. The van der Waals surface area contributed by atoms with Crippen LogP contribution in [0.3, 0.4) is 0 Å². The van der Waals surface area contributed by atoms with Gasteiger partial charge in [0, 0.05) is 23.8 Å². The van der Waals surface area contributed by atoms with E-state index in [-0.39, 0.29) is 0 Å². The molecule has 0 amide bonds. The van der Waals surface area contributed by atoms with E-state index in [0.717, 1.165) is 24.2 Å². The predicted molar refractivity (Wildman–Crippen MR) is 65.3 cm³/mol. The highest BCUT2D eigenvalue weighted by atomic mass is 16.3. The van der Waals surface area contributed by atoms with Gasteiger partial charge in [-0.3, -0.25) is 0 Å². The number of nitrogens with zero attached hydrogens (tertiary/aromatic N) is 2. The number of aromatic hydroxyl groups is 1. The number of aryl methyl sites for hydroxylation is 2. The lowest BCUT2D eigenvalue weighted by atomic mass is 10.1. The van der Waals surface area contributed by atoms with Crippen LogP contribution < -0.4 is 9.13 Å². The Morgan fingerprint density at radius 1 is 0.941 bits per heavy atom. The van der Waals surface area contributed by atoms with Gasteiger partial charge in [0.2, 0.25) is 6.20 Å². The molecule has 2 rings (SSSR count). The summed E-state index contributed by atoms with van der Waals surface area (Å²) >= 11 is 0. The molecule has 0 aliphatic heterocycles. The Hall–Kier alpha value is -1.90. The van der Waals surface area contributed by atoms with Gasteiger partial charge in [0.15, 0.2) is 24.3 Å². The van der Waals surface area contributed by atoms with E-state index in [0.29, 0.717) is 5.75 Å². The van der Waals surface area contributed by atoms with Crippen molar-refractivity contribution in [1.29, 1.82) is 0 Å². The van der Waals surface area contributed by atoms with Crippen LogP contribution in [0.1, 0.15) is 13.8 Å². The highest BCUT2D eigenvalue weighted by Gasteiger charge is 2.10. The molecule has 0 atom stereocenters. The maximum atomic E-state index is 9.97. The Morgan fingerprint density at radius 3 is 2.06 bits per heavy atom. The lowest BCUT2D eigenvalue weighted by Gasteiger charge is -2.02. The minimum absolute atomic E-state index is 0.323. The van der Waals surface area contributed by atoms with E-state index in [2.05, 4.69) is 11.5 Å². The molecule has 0 saturated heterocycles. The van der Waals surface area contributed by atoms with Crippen molar-refractivity contribution in [2.24, 2.45) is 0 Å². The smallest absolute Gasteiger partial charge is 0.211 e. The molecule has 0 aliphatic carbocycles. The monoisotopic (exact) mass is 230 g/mol. The first kappa shape index (κ1) is 11.6. The molecule has 0 spiro atoms. The summed E-state index contributed by atoms with van der Waals surface area (Å²) in [6, 6.07) is 5.99. The summed E-state index contributed by atoms with van der Waals surface area (Å²) in [7, 11) is 0. The fraction of sp³-hybridized carbons (Fsp3) is 0.286. The topological polar surface area (TPSA) is 28.0 Å². The Labute approximate surface area is 102 Å². The minimum atomic E-state index is 0.323. The molecule has 3 heteroatoms. The van der Waals surface area contributed by atoms with Crippen LogP contribution >= 0.6 is 0 Å². The summed E-state index contributed by atoms with van der Waals surface area (Å²) in [6.45, 7) is 5.96. The average Bonchev–Trinajstić information content (AvgIpc) is 2.39. The standard InChI is InChI=1S/C14H17N2O/c1-3-15-8-5-12(6-9-15)13-7-10-16(4-2)11-14(13)17/h5-11H,3-4H2,1-2H3/q+1/p+1. The van der Waals surface area contributed by atoms with Crippen molar-refractivity contribution in [1.82, 2.24) is 0 Å². The Morgan fingerprint density at radius 2 is 1.53 bits per heavy atom. The number of aromatic nitrogens is 2. The molecule has 0 saturated carbocycles. The third-order valence-corrected chi connectivity index (χ3v) is 2.93. The van der Waals surface area contributed by atoms with Gasteiger partial charge in [0.05, 0.1) is 0 Å². The van der Waals surface area contributed by atoms with Crippen LogP contribution in [0, 0.1) is 0 Å². The molecule has 0 bridgehead atoms. The summed E-state index contributed by atoms with van der Waals surface area (Å²) in [5.74, 6) is 0.323. The Kier molecular flexibility index (Phi) is 3.38. The van der Waals surface area contributed by atoms with Crippen molar-refractivity contribution in [3.63, 3.8) is 0 Å². The maximum Gasteiger partial charge on any atom is 0.211 e. The fourth-order valence-corrected chi connectivity index (χ4v) is 1.81.